The topological polar surface area (TPSA) is 91.3 Å². The molecule has 178 valence electrons. The zero-order chi connectivity index (χ0) is 24.8. The summed E-state index contributed by atoms with van der Waals surface area (Å²) in [6, 6.07) is 20.1. The maximum absolute atomic E-state index is 13.2. The minimum atomic E-state index is -0.364. The van der Waals surface area contributed by atoms with Gasteiger partial charge in [-0.3, -0.25) is 4.79 Å². The van der Waals surface area contributed by atoms with E-state index in [9.17, 15) is 4.79 Å². The molecule has 8 nitrogen and oxygen atoms in total. The summed E-state index contributed by atoms with van der Waals surface area (Å²) in [5.74, 6) is 1.80. The number of nitrogens with zero attached hydrogens (tertiary/aromatic N) is 2. The third-order valence-corrected chi connectivity index (χ3v) is 5.39. The highest BCUT2D eigenvalue weighted by atomic mass is 16.5. The van der Waals surface area contributed by atoms with Crippen molar-refractivity contribution in [3.05, 3.63) is 77.9 Å². The van der Waals surface area contributed by atoms with Gasteiger partial charge in [-0.2, -0.15) is 5.10 Å². The lowest BCUT2D eigenvalue weighted by Crippen LogP contribution is -2.18. The van der Waals surface area contributed by atoms with Crippen molar-refractivity contribution in [3.63, 3.8) is 0 Å². The molecule has 0 atom stereocenters. The molecule has 0 saturated heterocycles. The van der Waals surface area contributed by atoms with Crippen LogP contribution >= 0.6 is 0 Å². The number of hydrogen-bond acceptors (Lipinski definition) is 7. The van der Waals surface area contributed by atoms with Gasteiger partial charge in [-0.1, -0.05) is 30.3 Å². The van der Waals surface area contributed by atoms with Gasteiger partial charge in [-0.15, -0.1) is 0 Å². The van der Waals surface area contributed by atoms with Crippen LogP contribution in [0.15, 0.2) is 71.8 Å². The molecule has 0 aliphatic carbocycles. The molecule has 0 aliphatic rings. The summed E-state index contributed by atoms with van der Waals surface area (Å²) in [5, 5.41) is 4.83. The molecular formula is C27H25N3O5. The van der Waals surface area contributed by atoms with Crippen LogP contribution in [-0.2, 0) is 0 Å². The van der Waals surface area contributed by atoms with Crippen molar-refractivity contribution in [3.8, 4) is 34.3 Å². The Morgan fingerprint density at radius 1 is 0.857 bits per heavy atom. The van der Waals surface area contributed by atoms with Crippen molar-refractivity contribution >= 4 is 23.0 Å². The predicted molar refractivity (Wildman–Crippen MR) is 135 cm³/mol. The second-order valence-corrected chi connectivity index (χ2v) is 7.46. The van der Waals surface area contributed by atoms with Crippen LogP contribution in [0.4, 0.5) is 0 Å². The van der Waals surface area contributed by atoms with Crippen LogP contribution in [0.3, 0.4) is 0 Å². The minimum absolute atomic E-state index is 0.364. The second kappa shape index (κ2) is 10.6. The first-order valence-corrected chi connectivity index (χ1v) is 10.8. The van der Waals surface area contributed by atoms with E-state index in [1.165, 1.54) is 0 Å². The number of pyridine rings is 1. The van der Waals surface area contributed by atoms with Gasteiger partial charge in [0, 0.05) is 10.9 Å². The molecule has 35 heavy (non-hydrogen) atoms. The quantitative estimate of drug-likeness (QED) is 0.296. The fourth-order valence-corrected chi connectivity index (χ4v) is 3.69. The number of aromatic nitrogens is 1. The Bertz CT molecular complexity index is 1380. The minimum Gasteiger partial charge on any atom is -0.497 e. The number of rotatable bonds is 8. The number of carbonyl (C=O) groups is 1. The number of para-hydroxylation sites is 1. The van der Waals surface area contributed by atoms with Gasteiger partial charge in [-0.05, 0) is 42.0 Å². The normalized spacial score (nSPS) is 10.9. The first kappa shape index (κ1) is 23.6. The van der Waals surface area contributed by atoms with Crippen LogP contribution in [0.1, 0.15) is 15.9 Å². The lowest BCUT2D eigenvalue weighted by Gasteiger charge is -2.15. The smallest absolute Gasteiger partial charge is 0.272 e. The van der Waals surface area contributed by atoms with Crippen LogP contribution in [0.2, 0.25) is 0 Å². The van der Waals surface area contributed by atoms with E-state index in [2.05, 4.69) is 10.5 Å². The van der Waals surface area contributed by atoms with Crippen molar-refractivity contribution in [1.29, 1.82) is 0 Å². The van der Waals surface area contributed by atoms with Gasteiger partial charge >= 0.3 is 0 Å². The largest absolute Gasteiger partial charge is 0.497 e. The zero-order valence-electron chi connectivity index (χ0n) is 19.9. The summed E-state index contributed by atoms with van der Waals surface area (Å²) >= 11 is 0. The molecule has 1 amide bonds. The Labute approximate surface area is 203 Å². The van der Waals surface area contributed by atoms with Crippen LogP contribution in [0.25, 0.3) is 22.2 Å². The van der Waals surface area contributed by atoms with Gasteiger partial charge in [0.1, 0.15) is 5.75 Å². The van der Waals surface area contributed by atoms with Crippen molar-refractivity contribution < 1.29 is 23.7 Å². The molecule has 0 radical (unpaired) electrons. The predicted octanol–water partition coefficient (Wildman–Crippen LogP) is 4.70. The van der Waals surface area contributed by atoms with E-state index in [0.29, 0.717) is 50.7 Å². The van der Waals surface area contributed by atoms with E-state index in [4.69, 9.17) is 23.9 Å². The van der Waals surface area contributed by atoms with Crippen LogP contribution in [0, 0.1) is 0 Å². The number of amides is 1. The van der Waals surface area contributed by atoms with Crippen molar-refractivity contribution in [1.82, 2.24) is 10.4 Å². The highest BCUT2D eigenvalue weighted by Gasteiger charge is 2.18. The molecule has 0 unspecified atom stereocenters. The summed E-state index contributed by atoms with van der Waals surface area (Å²) < 4.78 is 21.6. The third-order valence-electron chi connectivity index (χ3n) is 5.39. The summed E-state index contributed by atoms with van der Waals surface area (Å²) in [6.07, 6.45) is 1.56. The number of hydrazone groups is 1. The lowest BCUT2D eigenvalue weighted by atomic mass is 10.0. The maximum atomic E-state index is 13.2. The Morgan fingerprint density at radius 2 is 1.60 bits per heavy atom. The molecule has 0 spiro atoms. The molecule has 1 heterocycles. The van der Waals surface area contributed by atoms with E-state index in [0.717, 1.165) is 5.56 Å². The number of methoxy groups -OCH3 is 4. The van der Waals surface area contributed by atoms with Gasteiger partial charge in [0.05, 0.1) is 51.4 Å². The number of benzene rings is 3. The van der Waals surface area contributed by atoms with Crippen LogP contribution in [0.5, 0.6) is 23.0 Å². The highest BCUT2D eigenvalue weighted by molar-refractivity contribution is 6.07. The molecule has 0 saturated carbocycles. The molecule has 1 aromatic heterocycles. The molecule has 8 heteroatoms. The first-order chi connectivity index (χ1) is 17.1. The average Bonchev–Trinajstić information content (AvgIpc) is 2.91. The Balaban J connectivity index is 1.72. The van der Waals surface area contributed by atoms with Gasteiger partial charge in [0.25, 0.3) is 5.91 Å². The van der Waals surface area contributed by atoms with Crippen LogP contribution < -0.4 is 24.4 Å². The SMILES string of the molecule is COc1cccc(/C=N/NC(=O)c2cc(-c3cc(OC)c(OC)c(OC)c3)nc3ccccc23)c1. The number of nitrogens with one attached hydrogen (secondary N) is 1. The molecule has 0 fully saturated rings. The Kier molecular flexibility index (Phi) is 7.11. The highest BCUT2D eigenvalue weighted by Crippen LogP contribution is 2.41. The Morgan fingerprint density at radius 3 is 2.29 bits per heavy atom. The van der Waals surface area contributed by atoms with Crippen LogP contribution in [-0.4, -0.2) is 45.5 Å². The summed E-state index contributed by atoms with van der Waals surface area (Å²) in [6.45, 7) is 0. The van der Waals surface area contributed by atoms with Gasteiger partial charge < -0.3 is 18.9 Å². The van der Waals surface area contributed by atoms with Gasteiger partial charge in [0.15, 0.2) is 11.5 Å². The number of carbonyl (C=O) groups excluding carboxylic acids is 1. The molecule has 4 rings (SSSR count). The van der Waals surface area contributed by atoms with Gasteiger partial charge in [0.2, 0.25) is 5.75 Å². The standard InChI is InChI=1S/C27H25N3O5/c1-32-19-9-7-8-17(12-19)16-28-30-27(31)21-15-23(29-22-11-6-5-10-20(21)22)18-13-24(33-2)26(35-4)25(14-18)34-3/h5-16H,1-4H3,(H,30,31)/b28-16+. The zero-order valence-corrected chi connectivity index (χ0v) is 19.9. The molecule has 0 bridgehead atoms. The molecule has 4 aromatic rings. The molecular weight excluding hydrogens is 446 g/mol. The summed E-state index contributed by atoms with van der Waals surface area (Å²) in [4.78, 5) is 17.9. The monoisotopic (exact) mass is 471 g/mol. The summed E-state index contributed by atoms with van der Waals surface area (Å²) in [7, 11) is 6.24. The maximum Gasteiger partial charge on any atom is 0.272 e. The van der Waals surface area contributed by atoms with Crippen molar-refractivity contribution in [2.45, 2.75) is 0 Å². The first-order valence-electron chi connectivity index (χ1n) is 10.8. The fourth-order valence-electron chi connectivity index (χ4n) is 3.69. The fraction of sp³-hybridized carbons (Fsp3) is 0.148. The number of ether oxygens (including phenoxy) is 4. The van der Waals surface area contributed by atoms with E-state index in [-0.39, 0.29) is 5.91 Å². The average molecular weight is 472 g/mol. The lowest BCUT2D eigenvalue weighted by molar-refractivity contribution is 0.0956. The molecule has 3 aromatic carbocycles. The Hall–Kier alpha value is -4.59. The van der Waals surface area contributed by atoms with E-state index < -0.39 is 0 Å². The molecule has 1 N–H and O–H groups in total. The van der Waals surface area contributed by atoms with Crippen molar-refractivity contribution in [2.75, 3.05) is 28.4 Å². The van der Waals surface area contributed by atoms with E-state index in [1.54, 1.807) is 52.9 Å². The van der Waals surface area contributed by atoms with Crippen molar-refractivity contribution in [2.24, 2.45) is 5.10 Å². The molecule has 0 aliphatic heterocycles. The second-order valence-electron chi connectivity index (χ2n) is 7.46. The van der Waals surface area contributed by atoms with E-state index in [1.807, 2.05) is 48.5 Å². The number of hydrogen-bond donors (Lipinski definition) is 1. The number of fused-ring (bicyclic) bond motifs is 1. The summed E-state index contributed by atoms with van der Waals surface area (Å²) in [5.41, 5.74) is 5.79. The van der Waals surface area contributed by atoms with E-state index >= 15 is 0 Å². The third kappa shape index (κ3) is 5.01. The van der Waals surface area contributed by atoms with Gasteiger partial charge in [-0.25, -0.2) is 10.4 Å².